The lowest BCUT2D eigenvalue weighted by Gasteiger charge is -2.13. The molecule has 0 aliphatic carbocycles. The first-order valence-corrected chi connectivity index (χ1v) is 4.97. The number of ether oxygens (including phenoxy) is 2. The number of carbonyl (C=O) groups excluding carboxylic acids is 1. The number of methoxy groups -OCH3 is 1. The van der Waals surface area contributed by atoms with E-state index in [1.54, 1.807) is 7.11 Å². The minimum absolute atomic E-state index is 0.0191. The second-order valence-corrected chi connectivity index (χ2v) is 3.08. The van der Waals surface area contributed by atoms with E-state index in [9.17, 15) is 4.79 Å². The fourth-order valence-electron chi connectivity index (χ4n) is 0.984. The molecule has 1 unspecified atom stereocenters. The maximum absolute atomic E-state index is 11.3. The molecule has 1 N–H and O–H groups in total. The van der Waals surface area contributed by atoms with Crippen LogP contribution in [0.3, 0.4) is 0 Å². The largest absolute Gasteiger partial charge is 0.382 e. The van der Waals surface area contributed by atoms with Crippen molar-refractivity contribution >= 4 is 5.91 Å². The van der Waals surface area contributed by atoms with Crippen LogP contribution in [0.1, 0.15) is 19.8 Å². The minimum atomic E-state index is -0.187. The SMILES string of the molecule is CCC(CC#N)NC(=O)COCCOC. The van der Waals surface area contributed by atoms with E-state index < -0.39 is 0 Å². The fourth-order valence-corrected chi connectivity index (χ4v) is 0.984. The molecule has 0 saturated heterocycles. The average Bonchev–Trinajstić information content (AvgIpc) is 2.24. The lowest BCUT2D eigenvalue weighted by atomic mass is 10.2. The summed E-state index contributed by atoms with van der Waals surface area (Å²) in [4.78, 5) is 11.3. The van der Waals surface area contributed by atoms with Gasteiger partial charge in [0, 0.05) is 13.2 Å². The van der Waals surface area contributed by atoms with Crippen LogP contribution < -0.4 is 5.32 Å². The molecular formula is C10H18N2O3. The monoisotopic (exact) mass is 214 g/mol. The molecule has 5 nitrogen and oxygen atoms in total. The maximum atomic E-state index is 11.3. The van der Waals surface area contributed by atoms with Gasteiger partial charge in [-0.15, -0.1) is 0 Å². The molecule has 86 valence electrons. The minimum Gasteiger partial charge on any atom is -0.382 e. The van der Waals surface area contributed by atoms with Gasteiger partial charge in [0.05, 0.1) is 25.7 Å². The summed E-state index contributed by atoms with van der Waals surface area (Å²) in [5.41, 5.74) is 0. The fraction of sp³-hybridized carbons (Fsp3) is 0.800. The third-order valence-electron chi connectivity index (χ3n) is 1.86. The lowest BCUT2D eigenvalue weighted by molar-refractivity contribution is -0.126. The van der Waals surface area contributed by atoms with E-state index in [1.807, 2.05) is 13.0 Å². The predicted molar refractivity (Wildman–Crippen MR) is 55.1 cm³/mol. The quantitative estimate of drug-likeness (QED) is 0.596. The molecule has 0 fully saturated rings. The molecule has 0 radical (unpaired) electrons. The van der Waals surface area contributed by atoms with Gasteiger partial charge >= 0.3 is 0 Å². The molecule has 0 saturated carbocycles. The van der Waals surface area contributed by atoms with Crippen molar-refractivity contribution in [2.24, 2.45) is 0 Å². The highest BCUT2D eigenvalue weighted by molar-refractivity contribution is 5.77. The van der Waals surface area contributed by atoms with Crippen molar-refractivity contribution in [2.75, 3.05) is 26.9 Å². The highest BCUT2D eigenvalue weighted by atomic mass is 16.5. The van der Waals surface area contributed by atoms with E-state index in [0.29, 0.717) is 19.6 Å². The Morgan fingerprint density at radius 3 is 2.80 bits per heavy atom. The summed E-state index contributed by atoms with van der Waals surface area (Å²) in [6, 6.07) is 1.95. The topological polar surface area (TPSA) is 71.4 Å². The van der Waals surface area contributed by atoms with Crippen molar-refractivity contribution in [3.05, 3.63) is 0 Å². The van der Waals surface area contributed by atoms with Gasteiger partial charge in [-0.2, -0.15) is 5.26 Å². The Labute approximate surface area is 90.4 Å². The smallest absolute Gasteiger partial charge is 0.246 e. The molecule has 1 amide bonds. The summed E-state index contributed by atoms with van der Waals surface area (Å²) >= 11 is 0. The van der Waals surface area contributed by atoms with Crippen molar-refractivity contribution in [1.82, 2.24) is 5.32 Å². The first-order chi connectivity index (χ1) is 7.24. The summed E-state index contributed by atoms with van der Waals surface area (Å²) in [5, 5.41) is 11.2. The third kappa shape index (κ3) is 7.91. The van der Waals surface area contributed by atoms with Gasteiger partial charge in [-0.05, 0) is 6.42 Å². The molecule has 0 heterocycles. The van der Waals surface area contributed by atoms with Crippen LogP contribution in [0.25, 0.3) is 0 Å². The van der Waals surface area contributed by atoms with Gasteiger partial charge < -0.3 is 14.8 Å². The van der Waals surface area contributed by atoms with Gasteiger partial charge in [-0.1, -0.05) is 6.92 Å². The van der Waals surface area contributed by atoms with Crippen LogP contribution in [0.2, 0.25) is 0 Å². The van der Waals surface area contributed by atoms with Gasteiger partial charge in [0.15, 0.2) is 0 Å². The van der Waals surface area contributed by atoms with Crippen LogP contribution in [-0.4, -0.2) is 38.9 Å². The number of hydrogen-bond donors (Lipinski definition) is 1. The summed E-state index contributed by atoms with van der Waals surface area (Å²) < 4.78 is 9.80. The first-order valence-electron chi connectivity index (χ1n) is 4.97. The Morgan fingerprint density at radius 1 is 1.53 bits per heavy atom. The number of nitrogens with zero attached hydrogens (tertiary/aromatic N) is 1. The van der Waals surface area contributed by atoms with Crippen LogP contribution >= 0.6 is 0 Å². The first kappa shape index (κ1) is 13.9. The Morgan fingerprint density at radius 2 is 2.27 bits per heavy atom. The Hall–Kier alpha value is -1.12. The molecule has 0 aliphatic heterocycles. The number of nitriles is 1. The zero-order valence-corrected chi connectivity index (χ0v) is 9.28. The zero-order valence-electron chi connectivity index (χ0n) is 9.28. The van der Waals surface area contributed by atoms with Gasteiger partial charge in [0.2, 0.25) is 5.91 Å². The number of hydrogen-bond acceptors (Lipinski definition) is 4. The zero-order chi connectivity index (χ0) is 11.5. The molecule has 0 aromatic heterocycles. The van der Waals surface area contributed by atoms with Gasteiger partial charge in [0.25, 0.3) is 0 Å². The van der Waals surface area contributed by atoms with Crippen molar-refractivity contribution in [2.45, 2.75) is 25.8 Å². The van der Waals surface area contributed by atoms with Crippen LogP contribution in [0, 0.1) is 11.3 Å². The van der Waals surface area contributed by atoms with Crippen LogP contribution in [0.4, 0.5) is 0 Å². The van der Waals surface area contributed by atoms with E-state index in [2.05, 4.69) is 5.32 Å². The van der Waals surface area contributed by atoms with E-state index in [-0.39, 0.29) is 18.6 Å². The van der Waals surface area contributed by atoms with Crippen LogP contribution in [-0.2, 0) is 14.3 Å². The molecule has 0 aromatic carbocycles. The molecule has 1 atom stereocenters. The standard InChI is InChI=1S/C10H18N2O3/c1-3-9(4-5-11)12-10(13)8-15-7-6-14-2/h9H,3-4,6-8H2,1-2H3,(H,12,13). The Balaban J connectivity index is 3.58. The van der Waals surface area contributed by atoms with E-state index in [0.717, 1.165) is 6.42 Å². The maximum Gasteiger partial charge on any atom is 0.246 e. The second-order valence-electron chi connectivity index (χ2n) is 3.08. The van der Waals surface area contributed by atoms with Crippen molar-refractivity contribution < 1.29 is 14.3 Å². The van der Waals surface area contributed by atoms with Gasteiger partial charge in [0.1, 0.15) is 6.61 Å². The predicted octanol–water partition coefficient (Wildman–Crippen LogP) is 0.458. The lowest BCUT2D eigenvalue weighted by Crippen LogP contribution is -2.36. The summed E-state index contributed by atoms with van der Waals surface area (Å²) in [7, 11) is 1.57. The summed E-state index contributed by atoms with van der Waals surface area (Å²) in [6.07, 6.45) is 1.08. The van der Waals surface area contributed by atoms with Gasteiger partial charge in [-0.3, -0.25) is 4.79 Å². The summed E-state index contributed by atoms with van der Waals surface area (Å²) in [5.74, 6) is -0.187. The highest BCUT2D eigenvalue weighted by Gasteiger charge is 2.09. The van der Waals surface area contributed by atoms with Crippen molar-refractivity contribution in [3.63, 3.8) is 0 Å². The molecule has 0 aliphatic rings. The van der Waals surface area contributed by atoms with Crippen molar-refractivity contribution in [3.8, 4) is 6.07 Å². The Kier molecular flexibility index (Phi) is 8.73. The molecular weight excluding hydrogens is 196 g/mol. The van der Waals surface area contributed by atoms with E-state index in [1.165, 1.54) is 0 Å². The number of amides is 1. The molecule has 0 aromatic rings. The van der Waals surface area contributed by atoms with Crippen molar-refractivity contribution in [1.29, 1.82) is 5.26 Å². The third-order valence-corrected chi connectivity index (χ3v) is 1.86. The van der Waals surface area contributed by atoms with E-state index in [4.69, 9.17) is 14.7 Å². The molecule has 0 rings (SSSR count). The highest BCUT2D eigenvalue weighted by Crippen LogP contribution is 1.95. The molecule has 0 bridgehead atoms. The Bertz CT molecular complexity index is 213. The number of nitrogens with one attached hydrogen (secondary N) is 1. The molecule has 15 heavy (non-hydrogen) atoms. The van der Waals surface area contributed by atoms with Crippen LogP contribution in [0.15, 0.2) is 0 Å². The molecule has 0 spiro atoms. The number of rotatable bonds is 8. The molecule has 5 heteroatoms. The number of carbonyl (C=O) groups is 1. The normalized spacial score (nSPS) is 11.8. The van der Waals surface area contributed by atoms with E-state index >= 15 is 0 Å². The summed E-state index contributed by atoms with van der Waals surface area (Å²) in [6.45, 7) is 2.82. The average molecular weight is 214 g/mol. The van der Waals surface area contributed by atoms with Gasteiger partial charge in [-0.25, -0.2) is 0 Å². The van der Waals surface area contributed by atoms with Crippen LogP contribution in [0.5, 0.6) is 0 Å². The second kappa shape index (κ2) is 9.44.